The Morgan fingerprint density at radius 2 is 1.73 bits per heavy atom. The van der Waals surface area contributed by atoms with Crippen LogP contribution in [0.15, 0.2) is 60.7 Å². The van der Waals surface area contributed by atoms with Gasteiger partial charge in [0.25, 0.3) is 0 Å². The summed E-state index contributed by atoms with van der Waals surface area (Å²) in [6.45, 7) is 4.81. The number of halogens is 2. The number of nitrogens with zero attached hydrogens (tertiary/aromatic N) is 1. The van der Waals surface area contributed by atoms with Gasteiger partial charge in [-0.15, -0.1) is 0 Å². The normalized spacial score (nSPS) is 16.0. The van der Waals surface area contributed by atoms with Crippen LogP contribution >= 0.6 is 0 Å². The largest absolute Gasteiger partial charge is 0.496 e. The van der Waals surface area contributed by atoms with Gasteiger partial charge >= 0.3 is 0 Å². The van der Waals surface area contributed by atoms with Gasteiger partial charge in [-0.05, 0) is 67.4 Å². The first-order valence-corrected chi connectivity index (χ1v) is 9.90. The Morgan fingerprint density at radius 3 is 2.50 bits per heavy atom. The SMILES string of the molecule is COc1cc(F)ccc1-c1ccc2c3c1CN(c1cccc(F)c1)C3=CC(C)(C)N2. The molecule has 0 aliphatic carbocycles. The lowest BCUT2D eigenvalue weighted by Crippen LogP contribution is -2.33. The van der Waals surface area contributed by atoms with E-state index in [1.54, 1.807) is 25.3 Å². The van der Waals surface area contributed by atoms with Crippen molar-refractivity contribution in [2.45, 2.75) is 25.9 Å². The Labute approximate surface area is 174 Å². The molecule has 0 bridgehead atoms. The van der Waals surface area contributed by atoms with Gasteiger partial charge in [0.05, 0.1) is 12.6 Å². The quantitative estimate of drug-likeness (QED) is 0.562. The Morgan fingerprint density at radius 1 is 0.967 bits per heavy atom. The van der Waals surface area contributed by atoms with Crippen molar-refractivity contribution >= 4 is 17.1 Å². The lowest BCUT2D eigenvalue weighted by atomic mass is 9.89. The maximum atomic E-state index is 14.0. The smallest absolute Gasteiger partial charge is 0.129 e. The second-order valence-electron chi connectivity index (χ2n) is 8.30. The van der Waals surface area contributed by atoms with E-state index < -0.39 is 0 Å². The molecule has 0 saturated heterocycles. The van der Waals surface area contributed by atoms with Crippen LogP contribution in [-0.4, -0.2) is 12.6 Å². The average molecular weight is 404 g/mol. The van der Waals surface area contributed by atoms with E-state index in [1.165, 1.54) is 18.2 Å². The highest BCUT2D eigenvalue weighted by Gasteiger charge is 2.36. The molecule has 3 nitrogen and oxygen atoms in total. The van der Waals surface area contributed by atoms with Gasteiger partial charge in [0.2, 0.25) is 0 Å². The molecule has 0 saturated carbocycles. The molecule has 0 radical (unpaired) electrons. The molecule has 5 rings (SSSR count). The van der Waals surface area contributed by atoms with Crippen LogP contribution in [0, 0.1) is 11.6 Å². The Bertz CT molecular complexity index is 1200. The molecule has 5 heteroatoms. The van der Waals surface area contributed by atoms with Crippen LogP contribution in [0.1, 0.15) is 25.0 Å². The molecule has 0 amide bonds. The first-order chi connectivity index (χ1) is 14.4. The fourth-order valence-electron chi connectivity index (χ4n) is 4.48. The van der Waals surface area contributed by atoms with E-state index >= 15 is 0 Å². The highest BCUT2D eigenvalue weighted by molar-refractivity contribution is 5.97. The number of methoxy groups -OCH3 is 1. The summed E-state index contributed by atoms with van der Waals surface area (Å²) in [4.78, 5) is 2.14. The lowest BCUT2D eigenvalue weighted by molar-refractivity contribution is 0.413. The average Bonchev–Trinajstić information content (AvgIpc) is 3.07. The van der Waals surface area contributed by atoms with Crippen molar-refractivity contribution in [3.8, 4) is 16.9 Å². The molecule has 3 aromatic carbocycles. The molecule has 3 aromatic rings. The van der Waals surface area contributed by atoms with Gasteiger partial charge in [0.15, 0.2) is 0 Å². The predicted molar refractivity (Wildman–Crippen MR) is 117 cm³/mol. The molecule has 2 aliphatic heterocycles. The number of ether oxygens (including phenoxy) is 1. The summed E-state index contributed by atoms with van der Waals surface area (Å²) in [6.07, 6.45) is 2.18. The highest BCUT2D eigenvalue weighted by Crippen LogP contribution is 2.49. The van der Waals surface area contributed by atoms with Crippen LogP contribution in [0.3, 0.4) is 0 Å². The number of hydrogen-bond acceptors (Lipinski definition) is 3. The molecule has 30 heavy (non-hydrogen) atoms. The molecule has 1 N–H and O–H groups in total. The van der Waals surface area contributed by atoms with Crippen molar-refractivity contribution in [3.05, 3.63) is 83.4 Å². The van der Waals surface area contributed by atoms with Crippen molar-refractivity contribution in [2.75, 3.05) is 17.3 Å². The Hall–Kier alpha value is -3.34. The first-order valence-electron chi connectivity index (χ1n) is 9.90. The summed E-state index contributed by atoms with van der Waals surface area (Å²) >= 11 is 0. The summed E-state index contributed by atoms with van der Waals surface area (Å²) in [5.74, 6) is -0.113. The Kier molecular flexibility index (Phi) is 4.10. The number of benzene rings is 3. The van der Waals surface area contributed by atoms with Crippen LogP contribution in [0.4, 0.5) is 20.2 Å². The van der Waals surface area contributed by atoms with Crippen LogP contribution in [0.25, 0.3) is 16.8 Å². The molecular formula is C25H22F2N2O. The molecule has 2 aliphatic rings. The molecule has 152 valence electrons. The minimum Gasteiger partial charge on any atom is -0.496 e. The van der Waals surface area contributed by atoms with E-state index in [-0.39, 0.29) is 17.2 Å². The second kappa shape index (κ2) is 6.59. The topological polar surface area (TPSA) is 24.5 Å². The third kappa shape index (κ3) is 2.93. The minimum absolute atomic E-state index is 0.245. The standard InChI is InChI=1S/C25H22F2N2O/c1-25(2)13-22-24-20(14-29(22)17-6-4-5-15(26)11-17)18(9-10-21(24)28-25)19-8-7-16(27)12-23(19)30-3/h4-13,28H,14H2,1-3H3. The third-order valence-corrected chi connectivity index (χ3v) is 5.70. The summed E-state index contributed by atoms with van der Waals surface area (Å²) in [7, 11) is 1.55. The van der Waals surface area contributed by atoms with Crippen LogP contribution in [-0.2, 0) is 6.54 Å². The number of anilines is 2. The van der Waals surface area contributed by atoms with Gasteiger partial charge in [0.1, 0.15) is 17.4 Å². The fraction of sp³-hybridized carbons (Fsp3) is 0.200. The van der Waals surface area contributed by atoms with Gasteiger partial charge in [-0.25, -0.2) is 8.78 Å². The number of hydrogen-bond donors (Lipinski definition) is 1. The van der Waals surface area contributed by atoms with E-state index in [0.29, 0.717) is 12.3 Å². The molecular weight excluding hydrogens is 382 g/mol. The summed E-state index contributed by atoms with van der Waals surface area (Å²) in [5, 5.41) is 3.58. The van der Waals surface area contributed by atoms with Gasteiger partial charge in [-0.1, -0.05) is 12.1 Å². The number of rotatable bonds is 3. The van der Waals surface area contributed by atoms with Gasteiger partial charge < -0.3 is 15.0 Å². The zero-order chi connectivity index (χ0) is 21.0. The van der Waals surface area contributed by atoms with E-state index in [2.05, 4.69) is 36.2 Å². The maximum Gasteiger partial charge on any atom is 0.129 e. The van der Waals surface area contributed by atoms with Gasteiger partial charge in [-0.3, -0.25) is 0 Å². The summed E-state index contributed by atoms with van der Waals surface area (Å²) in [6, 6.07) is 15.4. The number of nitrogens with one attached hydrogen (secondary N) is 1. The van der Waals surface area contributed by atoms with Crippen molar-refractivity contribution in [3.63, 3.8) is 0 Å². The van der Waals surface area contributed by atoms with Crippen molar-refractivity contribution < 1.29 is 13.5 Å². The summed E-state index contributed by atoms with van der Waals surface area (Å²) < 4.78 is 33.2. The molecule has 0 aromatic heterocycles. The Balaban J connectivity index is 1.73. The molecule has 2 heterocycles. The van der Waals surface area contributed by atoms with Crippen LogP contribution < -0.4 is 15.0 Å². The first kappa shape index (κ1) is 18.7. The van der Waals surface area contributed by atoms with Crippen molar-refractivity contribution in [2.24, 2.45) is 0 Å². The minimum atomic E-state index is -0.338. The van der Waals surface area contributed by atoms with Crippen molar-refractivity contribution in [1.29, 1.82) is 0 Å². The third-order valence-electron chi connectivity index (χ3n) is 5.70. The van der Waals surface area contributed by atoms with E-state index in [9.17, 15) is 8.78 Å². The lowest BCUT2D eigenvalue weighted by Gasteiger charge is -2.33. The van der Waals surface area contributed by atoms with E-state index in [0.717, 1.165) is 39.3 Å². The zero-order valence-corrected chi connectivity index (χ0v) is 17.1. The molecule has 0 spiro atoms. The molecule has 0 atom stereocenters. The maximum absolute atomic E-state index is 14.0. The van der Waals surface area contributed by atoms with Gasteiger partial charge in [-0.2, -0.15) is 0 Å². The van der Waals surface area contributed by atoms with Crippen LogP contribution in [0.5, 0.6) is 5.75 Å². The van der Waals surface area contributed by atoms with E-state index in [4.69, 9.17) is 4.74 Å². The predicted octanol–water partition coefficient (Wildman–Crippen LogP) is 6.21. The van der Waals surface area contributed by atoms with E-state index in [1.807, 2.05) is 12.1 Å². The summed E-state index contributed by atoms with van der Waals surface area (Å²) in [5.41, 5.74) is 6.67. The molecule has 0 fully saturated rings. The van der Waals surface area contributed by atoms with Crippen LogP contribution in [0.2, 0.25) is 0 Å². The van der Waals surface area contributed by atoms with Gasteiger partial charge in [0, 0.05) is 40.8 Å². The zero-order valence-electron chi connectivity index (χ0n) is 17.1. The monoisotopic (exact) mass is 404 g/mol. The fourth-order valence-corrected chi connectivity index (χ4v) is 4.48. The highest BCUT2D eigenvalue weighted by atomic mass is 19.1. The van der Waals surface area contributed by atoms with Crippen molar-refractivity contribution in [1.82, 2.24) is 0 Å². The molecule has 0 unspecified atom stereocenters. The second-order valence-corrected chi connectivity index (χ2v) is 8.30.